The molecule has 0 spiro atoms. The zero-order valence-electron chi connectivity index (χ0n) is 18.5. The number of aryl methyl sites for hydroxylation is 2. The highest BCUT2D eigenvalue weighted by Crippen LogP contribution is 2.22. The predicted octanol–water partition coefficient (Wildman–Crippen LogP) is 4.93. The molecule has 0 aliphatic rings. The van der Waals surface area contributed by atoms with E-state index in [2.05, 4.69) is 4.98 Å². The van der Waals surface area contributed by atoms with E-state index in [1.54, 1.807) is 42.5 Å². The lowest BCUT2D eigenvalue weighted by molar-refractivity contribution is 0.399. The quantitative estimate of drug-likeness (QED) is 0.422. The molecule has 1 aromatic heterocycles. The average Bonchev–Trinajstić information content (AvgIpc) is 2.80. The fourth-order valence-electron chi connectivity index (χ4n) is 3.71. The maximum Gasteiger partial charge on any atom is 0.252 e. The highest BCUT2D eigenvalue weighted by atomic mass is 32.2. The Morgan fingerprint density at radius 3 is 2.21 bits per heavy atom. The van der Waals surface area contributed by atoms with Crippen molar-refractivity contribution in [3.63, 3.8) is 0 Å². The van der Waals surface area contributed by atoms with Gasteiger partial charge >= 0.3 is 0 Å². The Labute approximate surface area is 192 Å². The number of aromatic nitrogens is 1. The Morgan fingerprint density at radius 2 is 1.55 bits per heavy atom. The molecule has 0 aliphatic heterocycles. The van der Waals surface area contributed by atoms with Crippen LogP contribution in [0.15, 0.2) is 82.5 Å². The summed E-state index contributed by atoms with van der Waals surface area (Å²) in [4.78, 5) is 15.8. The fraction of sp³-hybridized carbons (Fsp3) is 0.192. The minimum Gasteiger partial charge on any atom is -0.322 e. The van der Waals surface area contributed by atoms with Crippen LogP contribution in [0, 0.1) is 12.7 Å². The molecule has 0 amide bonds. The van der Waals surface area contributed by atoms with Crippen LogP contribution in [0.1, 0.15) is 29.2 Å². The molecule has 3 aromatic carbocycles. The largest absolute Gasteiger partial charge is 0.322 e. The van der Waals surface area contributed by atoms with Crippen molar-refractivity contribution in [1.82, 2.24) is 9.29 Å². The second kappa shape index (κ2) is 9.29. The van der Waals surface area contributed by atoms with Crippen molar-refractivity contribution in [1.29, 1.82) is 0 Å². The van der Waals surface area contributed by atoms with E-state index in [1.807, 2.05) is 32.0 Å². The van der Waals surface area contributed by atoms with E-state index in [-0.39, 0.29) is 23.5 Å². The third-order valence-electron chi connectivity index (χ3n) is 5.67. The number of aromatic amines is 1. The van der Waals surface area contributed by atoms with Crippen LogP contribution in [0.25, 0.3) is 10.9 Å². The Bertz CT molecular complexity index is 1440. The maximum atomic E-state index is 13.5. The molecular formula is C26H25FN2O3S. The highest BCUT2D eigenvalue weighted by Gasteiger charge is 2.26. The zero-order valence-corrected chi connectivity index (χ0v) is 19.3. The van der Waals surface area contributed by atoms with Gasteiger partial charge in [-0.05, 0) is 72.3 Å². The summed E-state index contributed by atoms with van der Waals surface area (Å²) in [5.74, 6) is -0.399. The zero-order chi connectivity index (χ0) is 23.6. The number of nitrogens with one attached hydrogen (secondary N) is 1. The number of hydrogen-bond donors (Lipinski definition) is 1. The van der Waals surface area contributed by atoms with Crippen LogP contribution < -0.4 is 5.56 Å². The van der Waals surface area contributed by atoms with E-state index in [0.29, 0.717) is 16.6 Å². The lowest BCUT2D eigenvalue weighted by atomic mass is 10.1. The first kappa shape index (κ1) is 22.9. The number of benzene rings is 3. The molecule has 170 valence electrons. The van der Waals surface area contributed by atoms with Gasteiger partial charge in [0, 0.05) is 24.2 Å². The number of sulfonamides is 1. The van der Waals surface area contributed by atoms with Gasteiger partial charge < -0.3 is 4.98 Å². The van der Waals surface area contributed by atoms with Crippen molar-refractivity contribution in [3.8, 4) is 0 Å². The summed E-state index contributed by atoms with van der Waals surface area (Å²) < 4.78 is 41.7. The van der Waals surface area contributed by atoms with E-state index >= 15 is 0 Å². The Morgan fingerprint density at radius 1 is 0.879 bits per heavy atom. The van der Waals surface area contributed by atoms with Gasteiger partial charge in [-0.25, -0.2) is 12.8 Å². The van der Waals surface area contributed by atoms with Crippen LogP contribution in [0.4, 0.5) is 4.39 Å². The number of rotatable bonds is 7. The number of fused-ring (bicyclic) bond motifs is 1. The van der Waals surface area contributed by atoms with Gasteiger partial charge in [-0.1, -0.05) is 42.8 Å². The van der Waals surface area contributed by atoms with E-state index in [0.717, 1.165) is 22.9 Å². The van der Waals surface area contributed by atoms with Crippen molar-refractivity contribution in [2.24, 2.45) is 0 Å². The number of H-pyrrole nitrogens is 1. The van der Waals surface area contributed by atoms with Gasteiger partial charge in [-0.2, -0.15) is 4.31 Å². The van der Waals surface area contributed by atoms with Crippen LogP contribution in [0.2, 0.25) is 0 Å². The van der Waals surface area contributed by atoms with Crippen LogP contribution in [0.3, 0.4) is 0 Å². The summed E-state index contributed by atoms with van der Waals surface area (Å²) in [6.45, 7) is 3.82. The van der Waals surface area contributed by atoms with E-state index < -0.39 is 15.8 Å². The van der Waals surface area contributed by atoms with Gasteiger partial charge in [0.25, 0.3) is 5.56 Å². The number of hydrogen-bond acceptors (Lipinski definition) is 3. The minimum atomic E-state index is -3.92. The van der Waals surface area contributed by atoms with Gasteiger partial charge in [0.1, 0.15) is 5.82 Å². The topological polar surface area (TPSA) is 70.2 Å². The molecule has 0 aliphatic carbocycles. The molecule has 0 radical (unpaired) electrons. The van der Waals surface area contributed by atoms with Crippen molar-refractivity contribution < 1.29 is 12.8 Å². The van der Waals surface area contributed by atoms with Gasteiger partial charge in [0.2, 0.25) is 10.0 Å². The van der Waals surface area contributed by atoms with E-state index in [4.69, 9.17) is 0 Å². The first-order valence-corrected chi connectivity index (χ1v) is 12.2. The Hall–Kier alpha value is -3.29. The van der Waals surface area contributed by atoms with Crippen molar-refractivity contribution in [3.05, 3.63) is 111 Å². The molecule has 1 N–H and O–H groups in total. The van der Waals surface area contributed by atoms with Crippen LogP contribution >= 0.6 is 0 Å². The molecule has 0 saturated heterocycles. The second-order valence-corrected chi connectivity index (χ2v) is 10.0. The molecule has 7 heteroatoms. The molecule has 0 saturated carbocycles. The maximum absolute atomic E-state index is 13.5. The average molecular weight is 465 g/mol. The SMILES string of the molecule is CCc1ccc2[nH]c(=O)c(CN(Cc3ccc(F)cc3)S(=O)(=O)c3ccc(C)cc3)cc2c1. The molecule has 33 heavy (non-hydrogen) atoms. The van der Waals surface area contributed by atoms with Crippen molar-refractivity contribution in [2.45, 2.75) is 38.3 Å². The summed E-state index contributed by atoms with van der Waals surface area (Å²) in [6.07, 6.45) is 0.850. The Kier molecular flexibility index (Phi) is 6.44. The van der Waals surface area contributed by atoms with Crippen LogP contribution in [0.5, 0.6) is 0 Å². The minimum absolute atomic E-state index is 0.00294. The van der Waals surface area contributed by atoms with Crippen LogP contribution in [-0.4, -0.2) is 17.7 Å². The third-order valence-corrected chi connectivity index (χ3v) is 7.48. The summed E-state index contributed by atoms with van der Waals surface area (Å²) in [5, 5.41) is 0.846. The second-order valence-electron chi connectivity index (χ2n) is 8.11. The van der Waals surface area contributed by atoms with Crippen molar-refractivity contribution >= 4 is 20.9 Å². The molecule has 0 atom stereocenters. The molecular weight excluding hydrogens is 439 g/mol. The molecule has 1 heterocycles. The standard InChI is InChI=1S/C26H25FN2O3S/c1-3-19-8-13-25-21(14-19)15-22(26(30)28-25)17-29(16-20-6-9-23(27)10-7-20)33(31,32)24-11-4-18(2)5-12-24/h4-15H,3,16-17H2,1-2H3,(H,28,30). The first-order valence-electron chi connectivity index (χ1n) is 10.7. The van der Waals surface area contributed by atoms with Gasteiger partial charge in [-0.15, -0.1) is 0 Å². The lowest BCUT2D eigenvalue weighted by Crippen LogP contribution is -2.32. The number of nitrogens with zero attached hydrogens (tertiary/aromatic N) is 1. The summed E-state index contributed by atoms with van der Waals surface area (Å²) >= 11 is 0. The summed E-state index contributed by atoms with van der Waals surface area (Å²) in [5.41, 5.74) is 3.39. The van der Waals surface area contributed by atoms with Gasteiger partial charge in [0.05, 0.1) is 4.90 Å². The van der Waals surface area contributed by atoms with Gasteiger partial charge in [0.15, 0.2) is 0 Å². The monoisotopic (exact) mass is 464 g/mol. The Balaban J connectivity index is 1.77. The summed E-state index contributed by atoms with van der Waals surface area (Å²) in [7, 11) is -3.92. The molecule has 4 aromatic rings. The molecule has 4 rings (SSSR count). The summed E-state index contributed by atoms with van der Waals surface area (Å²) in [6, 6.07) is 19.8. The number of halogens is 1. The predicted molar refractivity (Wildman–Crippen MR) is 128 cm³/mol. The molecule has 0 bridgehead atoms. The highest BCUT2D eigenvalue weighted by molar-refractivity contribution is 7.89. The van der Waals surface area contributed by atoms with Crippen LogP contribution in [-0.2, 0) is 29.5 Å². The lowest BCUT2D eigenvalue weighted by Gasteiger charge is -2.22. The van der Waals surface area contributed by atoms with E-state index in [9.17, 15) is 17.6 Å². The van der Waals surface area contributed by atoms with E-state index in [1.165, 1.54) is 16.4 Å². The van der Waals surface area contributed by atoms with Gasteiger partial charge in [-0.3, -0.25) is 4.79 Å². The number of pyridine rings is 1. The van der Waals surface area contributed by atoms with Crippen molar-refractivity contribution in [2.75, 3.05) is 0 Å². The molecule has 5 nitrogen and oxygen atoms in total. The smallest absolute Gasteiger partial charge is 0.252 e. The molecule has 0 unspecified atom stereocenters. The fourth-order valence-corrected chi connectivity index (χ4v) is 5.11. The molecule has 0 fully saturated rings. The normalized spacial score (nSPS) is 11.9. The first-order chi connectivity index (χ1) is 15.8. The third kappa shape index (κ3) is 5.05.